The van der Waals surface area contributed by atoms with E-state index in [1.807, 2.05) is 11.8 Å². The van der Waals surface area contributed by atoms with Gasteiger partial charge in [-0.1, -0.05) is 0 Å². The SMILES string of the molecule is COc1cc(NC(C)C(=O)N2CCCCC2)nc(C)n1. The van der Waals surface area contributed by atoms with Crippen LogP contribution in [-0.4, -0.2) is 47.0 Å². The molecule has 6 nitrogen and oxygen atoms in total. The van der Waals surface area contributed by atoms with Gasteiger partial charge in [-0.3, -0.25) is 4.79 Å². The van der Waals surface area contributed by atoms with Crippen molar-refractivity contribution in [2.75, 3.05) is 25.5 Å². The number of carbonyl (C=O) groups is 1. The van der Waals surface area contributed by atoms with Crippen molar-refractivity contribution < 1.29 is 9.53 Å². The van der Waals surface area contributed by atoms with Gasteiger partial charge in [0.25, 0.3) is 0 Å². The maximum Gasteiger partial charge on any atom is 0.244 e. The molecule has 1 aliphatic rings. The standard InChI is InChI=1S/C14H22N4O2/c1-10(14(19)18-7-5-4-6-8-18)15-12-9-13(20-3)17-11(2)16-12/h9-10H,4-8H2,1-3H3,(H,15,16,17). The molecule has 0 saturated carbocycles. The maximum atomic E-state index is 12.3. The van der Waals surface area contributed by atoms with Gasteiger partial charge in [-0.25, -0.2) is 4.98 Å². The molecule has 1 fully saturated rings. The number of anilines is 1. The lowest BCUT2D eigenvalue weighted by molar-refractivity contribution is -0.132. The molecule has 0 aromatic carbocycles. The van der Waals surface area contributed by atoms with Crippen LogP contribution in [0.2, 0.25) is 0 Å². The summed E-state index contributed by atoms with van der Waals surface area (Å²) in [6, 6.07) is 1.40. The topological polar surface area (TPSA) is 67.3 Å². The third-order valence-corrected chi connectivity index (χ3v) is 3.43. The van der Waals surface area contributed by atoms with Gasteiger partial charge in [0.1, 0.15) is 17.7 Å². The Hall–Kier alpha value is -1.85. The van der Waals surface area contributed by atoms with Crippen LogP contribution in [0.15, 0.2) is 6.07 Å². The molecule has 2 rings (SSSR count). The summed E-state index contributed by atoms with van der Waals surface area (Å²) in [7, 11) is 1.56. The number of methoxy groups -OCH3 is 1. The molecule has 1 unspecified atom stereocenters. The third-order valence-electron chi connectivity index (χ3n) is 3.43. The van der Waals surface area contributed by atoms with Crippen molar-refractivity contribution in [3.05, 3.63) is 11.9 Å². The van der Waals surface area contributed by atoms with Crippen LogP contribution >= 0.6 is 0 Å². The molecular formula is C14H22N4O2. The first kappa shape index (κ1) is 14.6. The summed E-state index contributed by atoms with van der Waals surface area (Å²) in [5, 5.41) is 3.13. The van der Waals surface area contributed by atoms with Crippen LogP contribution in [-0.2, 0) is 4.79 Å². The van der Waals surface area contributed by atoms with E-state index in [-0.39, 0.29) is 11.9 Å². The molecule has 1 aromatic rings. The molecule has 0 bridgehead atoms. The number of hydrogen-bond donors (Lipinski definition) is 1. The second-order valence-corrected chi connectivity index (χ2v) is 5.09. The molecule has 6 heteroatoms. The fourth-order valence-corrected chi connectivity index (χ4v) is 2.39. The molecule has 0 aliphatic carbocycles. The van der Waals surface area contributed by atoms with E-state index >= 15 is 0 Å². The van der Waals surface area contributed by atoms with Crippen LogP contribution in [0, 0.1) is 6.92 Å². The maximum absolute atomic E-state index is 12.3. The summed E-state index contributed by atoms with van der Waals surface area (Å²) in [6.45, 7) is 5.37. The number of aromatic nitrogens is 2. The fourth-order valence-electron chi connectivity index (χ4n) is 2.39. The molecule has 1 aliphatic heterocycles. The lowest BCUT2D eigenvalue weighted by Crippen LogP contribution is -2.44. The summed E-state index contributed by atoms with van der Waals surface area (Å²) in [5.74, 6) is 1.86. The van der Waals surface area contributed by atoms with Crippen molar-refractivity contribution in [3.8, 4) is 5.88 Å². The van der Waals surface area contributed by atoms with Gasteiger partial charge in [0, 0.05) is 19.2 Å². The van der Waals surface area contributed by atoms with Gasteiger partial charge in [-0.15, -0.1) is 0 Å². The van der Waals surface area contributed by atoms with Crippen LogP contribution in [0.25, 0.3) is 0 Å². The quantitative estimate of drug-likeness (QED) is 0.906. The highest BCUT2D eigenvalue weighted by Crippen LogP contribution is 2.15. The van der Waals surface area contributed by atoms with E-state index in [4.69, 9.17) is 4.74 Å². The largest absolute Gasteiger partial charge is 0.481 e. The van der Waals surface area contributed by atoms with Crippen LogP contribution in [0.1, 0.15) is 32.0 Å². The van der Waals surface area contributed by atoms with E-state index < -0.39 is 0 Å². The van der Waals surface area contributed by atoms with Crippen molar-refractivity contribution in [1.82, 2.24) is 14.9 Å². The number of rotatable bonds is 4. The van der Waals surface area contributed by atoms with Crippen molar-refractivity contribution in [3.63, 3.8) is 0 Å². The predicted octanol–water partition coefficient (Wildman–Crippen LogP) is 1.61. The fraction of sp³-hybridized carbons (Fsp3) is 0.643. The molecule has 1 N–H and O–H groups in total. The zero-order valence-electron chi connectivity index (χ0n) is 12.3. The number of nitrogens with zero attached hydrogens (tertiary/aromatic N) is 3. The number of aryl methyl sites for hydroxylation is 1. The van der Waals surface area contributed by atoms with Crippen LogP contribution < -0.4 is 10.1 Å². The Morgan fingerprint density at radius 2 is 2.05 bits per heavy atom. The monoisotopic (exact) mass is 278 g/mol. The van der Waals surface area contributed by atoms with Gasteiger partial charge in [-0.05, 0) is 33.1 Å². The first-order chi connectivity index (χ1) is 9.60. The van der Waals surface area contributed by atoms with E-state index in [9.17, 15) is 4.79 Å². The number of nitrogens with one attached hydrogen (secondary N) is 1. The molecule has 0 radical (unpaired) electrons. The normalized spacial score (nSPS) is 16.6. The second kappa shape index (κ2) is 6.54. The van der Waals surface area contributed by atoms with E-state index in [2.05, 4.69) is 15.3 Å². The minimum Gasteiger partial charge on any atom is -0.481 e. The Morgan fingerprint density at radius 3 is 2.70 bits per heavy atom. The van der Waals surface area contributed by atoms with E-state index in [1.54, 1.807) is 20.1 Å². The molecule has 1 atom stereocenters. The Kier molecular flexibility index (Phi) is 4.76. The smallest absolute Gasteiger partial charge is 0.244 e. The Labute approximate surface area is 119 Å². The highest BCUT2D eigenvalue weighted by atomic mass is 16.5. The summed E-state index contributed by atoms with van der Waals surface area (Å²) >= 11 is 0. The van der Waals surface area contributed by atoms with E-state index in [1.165, 1.54) is 6.42 Å². The highest BCUT2D eigenvalue weighted by molar-refractivity contribution is 5.84. The van der Waals surface area contributed by atoms with Gasteiger partial charge in [0.2, 0.25) is 11.8 Å². The molecule has 110 valence electrons. The van der Waals surface area contributed by atoms with E-state index in [0.717, 1.165) is 25.9 Å². The molecule has 0 spiro atoms. The van der Waals surface area contributed by atoms with Gasteiger partial charge in [0.05, 0.1) is 7.11 Å². The molecule has 1 aromatic heterocycles. The number of likely N-dealkylation sites (tertiary alicyclic amines) is 1. The lowest BCUT2D eigenvalue weighted by Gasteiger charge is -2.29. The molecular weight excluding hydrogens is 256 g/mol. The van der Waals surface area contributed by atoms with Crippen LogP contribution in [0.4, 0.5) is 5.82 Å². The minimum absolute atomic E-state index is 0.125. The number of piperidine rings is 1. The highest BCUT2D eigenvalue weighted by Gasteiger charge is 2.22. The van der Waals surface area contributed by atoms with Crippen LogP contribution in [0.5, 0.6) is 5.88 Å². The van der Waals surface area contributed by atoms with Crippen molar-refractivity contribution >= 4 is 11.7 Å². The summed E-state index contributed by atoms with van der Waals surface area (Å²) in [5.41, 5.74) is 0. The Bertz CT molecular complexity index is 472. The zero-order chi connectivity index (χ0) is 14.5. The Balaban J connectivity index is 2.01. The number of ether oxygens (including phenoxy) is 1. The third kappa shape index (κ3) is 3.59. The van der Waals surface area contributed by atoms with E-state index in [0.29, 0.717) is 17.5 Å². The summed E-state index contributed by atoms with van der Waals surface area (Å²) in [6.07, 6.45) is 3.41. The van der Waals surface area contributed by atoms with Crippen molar-refractivity contribution in [2.45, 2.75) is 39.2 Å². The average Bonchev–Trinajstić information content (AvgIpc) is 2.46. The van der Waals surface area contributed by atoms with Crippen molar-refractivity contribution in [1.29, 1.82) is 0 Å². The first-order valence-electron chi connectivity index (χ1n) is 7.05. The minimum atomic E-state index is -0.299. The summed E-state index contributed by atoms with van der Waals surface area (Å²) < 4.78 is 5.11. The van der Waals surface area contributed by atoms with Gasteiger partial charge in [-0.2, -0.15) is 4.98 Å². The van der Waals surface area contributed by atoms with Crippen LogP contribution in [0.3, 0.4) is 0 Å². The number of amides is 1. The summed E-state index contributed by atoms with van der Waals surface area (Å²) in [4.78, 5) is 22.7. The van der Waals surface area contributed by atoms with Gasteiger partial charge >= 0.3 is 0 Å². The van der Waals surface area contributed by atoms with Gasteiger partial charge in [0.15, 0.2) is 0 Å². The molecule has 2 heterocycles. The number of hydrogen-bond acceptors (Lipinski definition) is 5. The zero-order valence-corrected chi connectivity index (χ0v) is 12.3. The second-order valence-electron chi connectivity index (χ2n) is 5.09. The Morgan fingerprint density at radius 1 is 1.35 bits per heavy atom. The van der Waals surface area contributed by atoms with Crippen molar-refractivity contribution in [2.24, 2.45) is 0 Å². The van der Waals surface area contributed by atoms with Gasteiger partial charge < -0.3 is 15.0 Å². The predicted molar refractivity (Wildman–Crippen MR) is 76.8 cm³/mol. The lowest BCUT2D eigenvalue weighted by atomic mass is 10.1. The molecule has 1 saturated heterocycles. The number of carbonyl (C=O) groups excluding carboxylic acids is 1. The average molecular weight is 278 g/mol. The molecule has 1 amide bonds. The first-order valence-corrected chi connectivity index (χ1v) is 7.05. The molecule has 20 heavy (non-hydrogen) atoms.